The van der Waals surface area contributed by atoms with Crippen molar-refractivity contribution in [2.45, 2.75) is 25.5 Å². The summed E-state index contributed by atoms with van der Waals surface area (Å²) in [5.41, 5.74) is 1.16. The second-order valence-electron chi connectivity index (χ2n) is 3.96. The molecule has 0 bridgehead atoms. The number of carbonyl (C=O) groups is 1. The van der Waals surface area contributed by atoms with Crippen LogP contribution in [0.15, 0.2) is 15.2 Å². The van der Waals surface area contributed by atoms with E-state index in [-0.39, 0.29) is 12.0 Å². The molecule has 5 heteroatoms. The third-order valence-corrected chi connectivity index (χ3v) is 4.18. The Hall–Kier alpha value is -0.390. The molecule has 0 aliphatic carbocycles. The van der Waals surface area contributed by atoms with E-state index < -0.39 is 0 Å². The number of likely N-dealkylation sites (N-methyl/N-ethyl adjacent to an activating group) is 1. The van der Waals surface area contributed by atoms with E-state index in [9.17, 15) is 4.79 Å². The van der Waals surface area contributed by atoms with E-state index in [4.69, 9.17) is 4.74 Å². The van der Waals surface area contributed by atoms with E-state index in [1.165, 1.54) is 0 Å². The van der Waals surface area contributed by atoms with Gasteiger partial charge in [-0.15, -0.1) is 11.3 Å². The van der Waals surface area contributed by atoms with Crippen molar-refractivity contribution in [3.05, 3.63) is 20.8 Å². The number of thiophene rings is 1. The minimum atomic E-state index is -0.216. The lowest BCUT2D eigenvalue weighted by atomic mass is 10.2. The van der Waals surface area contributed by atoms with Gasteiger partial charge >= 0.3 is 0 Å². The van der Waals surface area contributed by atoms with Gasteiger partial charge in [-0.25, -0.2) is 0 Å². The monoisotopic (exact) mass is 303 g/mol. The second-order valence-corrected chi connectivity index (χ2v) is 6.25. The SMILES string of the molecule is CN(Cc1csc(Br)c1)C(=O)[C@H]1CCCO1. The molecule has 3 nitrogen and oxygen atoms in total. The van der Waals surface area contributed by atoms with Crippen LogP contribution in [0.25, 0.3) is 0 Å². The zero-order valence-corrected chi connectivity index (χ0v) is 11.5. The minimum Gasteiger partial charge on any atom is -0.368 e. The van der Waals surface area contributed by atoms with E-state index >= 15 is 0 Å². The molecule has 2 heterocycles. The van der Waals surface area contributed by atoms with Gasteiger partial charge in [-0.05, 0) is 45.8 Å². The maximum absolute atomic E-state index is 11.9. The van der Waals surface area contributed by atoms with Crippen molar-refractivity contribution in [1.82, 2.24) is 4.90 Å². The van der Waals surface area contributed by atoms with Gasteiger partial charge in [0.25, 0.3) is 5.91 Å². The van der Waals surface area contributed by atoms with Crippen molar-refractivity contribution in [2.75, 3.05) is 13.7 Å². The minimum absolute atomic E-state index is 0.0971. The van der Waals surface area contributed by atoms with Gasteiger partial charge in [-0.2, -0.15) is 0 Å². The Kier molecular flexibility index (Phi) is 4.00. The van der Waals surface area contributed by atoms with E-state index in [2.05, 4.69) is 21.3 Å². The molecule has 1 aliphatic heterocycles. The van der Waals surface area contributed by atoms with Crippen molar-refractivity contribution >= 4 is 33.2 Å². The van der Waals surface area contributed by atoms with Crippen molar-refractivity contribution < 1.29 is 9.53 Å². The van der Waals surface area contributed by atoms with Crippen LogP contribution in [0.5, 0.6) is 0 Å². The van der Waals surface area contributed by atoms with Gasteiger partial charge < -0.3 is 9.64 Å². The van der Waals surface area contributed by atoms with E-state index in [1.807, 2.05) is 13.1 Å². The fourth-order valence-corrected chi connectivity index (χ4v) is 3.00. The van der Waals surface area contributed by atoms with Crippen LogP contribution in [0, 0.1) is 0 Å². The van der Waals surface area contributed by atoms with Crippen LogP contribution in [-0.4, -0.2) is 30.6 Å². The third kappa shape index (κ3) is 2.84. The summed E-state index contributed by atoms with van der Waals surface area (Å²) in [7, 11) is 1.83. The number of carbonyl (C=O) groups excluding carboxylic acids is 1. The number of nitrogens with zero attached hydrogens (tertiary/aromatic N) is 1. The molecule has 88 valence electrons. The van der Waals surface area contributed by atoms with Crippen LogP contribution in [0.2, 0.25) is 0 Å². The van der Waals surface area contributed by atoms with Crippen molar-refractivity contribution in [3.63, 3.8) is 0 Å². The standard InChI is InChI=1S/C11H14BrNO2S/c1-13(6-8-5-10(12)16-7-8)11(14)9-3-2-4-15-9/h5,7,9H,2-4,6H2,1H3/t9-/m1/s1. The van der Waals surface area contributed by atoms with Gasteiger partial charge in [-0.1, -0.05) is 0 Å². The molecule has 0 aromatic carbocycles. The van der Waals surface area contributed by atoms with E-state index in [0.717, 1.165) is 22.2 Å². The Morgan fingerprint density at radius 2 is 2.56 bits per heavy atom. The van der Waals surface area contributed by atoms with E-state index in [0.29, 0.717) is 13.2 Å². The molecular weight excluding hydrogens is 290 g/mol. The van der Waals surface area contributed by atoms with Gasteiger partial charge in [-0.3, -0.25) is 4.79 Å². The first-order valence-corrected chi connectivity index (χ1v) is 6.93. The maximum atomic E-state index is 11.9. The van der Waals surface area contributed by atoms with Crippen LogP contribution >= 0.6 is 27.3 Å². The summed E-state index contributed by atoms with van der Waals surface area (Å²) in [5, 5.41) is 2.06. The van der Waals surface area contributed by atoms with Crippen molar-refractivity contribution in [1.29, 1.82) is 0 Å². The number of halogens is 1. The maximum Gasteiger partial charge on any atom is 0.251 e. The molecule has 1 saturated heterocycles. The molecule has 2 rings (SSSR count). The number of rotatable bonds is 3. The summed E-state index contributed by atoms with van der Waals surface area (Å²) < 4.78 is 6.48. The highest BCUT2D eigenvalue weighted by molar-refractivity contribution is 9.11. The van der Waals surface area contributed by atoms with Crippen molar-refractivity contribution in [2.24, 2.45) is 0 Å². The molecule has 0 radical (unpaired) electrons. The Bertz CT molecular complexity index is 374. The quantitative estimate of drug-likeness (QED) is 0.859. The number of amides is 1. The molecule has 1 atom stereocenters. The van der Waals surface area contributed by atoms with Gasteiger partial charge in [0.2, 0.25) is 0 Å². The molecule has 0 N–H and O–H groups in total. The fourth-order valence-electron chi connectivity index (χ4n) is 1.80. The average molecular weight is 304 g/mol. The predicted molar refractivity (Wildman–Crippen MR) is 67.5 cm³/mol. The van der Waals surface area contributed by atoms with Crippen LogP contribution in [0.3, 0.4) is 0 Å². The lowest BCUT2D eigenvalue weighted by Crippen LogP contribution is -2.35. The first-order valence-electron chi connectivity index (χ1n) is 5.26. The summed E-state index contributed by atoms with van der Waals surface area (Å²) in [4.78, 5) is 13.7. The topological polar surface area (TPSA) is 29.5 Å². The predicted octanol–water partition coefficient (Wildman–Crippen LogP) is 2.65. The first-order chi connectivity index (χ1) is 7.66. The van der Waals surface area contributed by atoms with Crippen LogP contribution < -0.4 is 0 Å². The summed E-state index contributed by atoms with van der Waals surface area (Å²) in [6.07, 6.45) is 1.64. The smallest absolute Gasteiger partial charge is 0.251 e. The highest BCUT2D eigenvalue weighted by Gasteiger charge is 2.26. The molecule has 1 aliphatic rings. The Balaban J connectivity index is 1.91. The molecule has 1 amide bonds. The second kappa shape index (κ2) is 5.29. The highest BCUT2D eigenvalue weighted by Crippen LogP contribution is 2.22. The molecular formula is C11H14BrNO2S. The Morgan fingerprint density at radius 1 is 1.75 bits per heavy atom. The number of ether oxygens (including phenoxy) is 1. The first kappa shape index (κ1) is 12.1. The summed E-state index contributed by atoms with van der Waals surface area (Å²) in [5.74, 6) is 0.0971. The zero-order valence-electron chi connectivity index (χ0n) is 9.11. The molecule has 0 saturated carbocycles. The normalized spacial score (nSPS) is 20.0. The third-order valence-electron chi connectivity index (χ3n) is 2.62. The zero-order chi connectivity index (χ0) is 11.5. The molecule has 1 fully saturated rings. The molecule has 0 spiro atoms. The summed E-state index contributed by atoms with van der Waals surface area (Å²) in [6, 6.07) is 2.05. The van der Waals surface area contributed by atoms with Gasteiger partial charge in [0.05, 0.1) is 3.79 Å². The molecule has 1 aromatic rings. The van der Waals surface area contributed by atoms with Crippen LogP contribution in [0.4, 0.5) is 0 Å². The average Bonchev–Trinajstić information content (AvgIpc) is 2.88. The Morgan fingerprint density at radius 3 is 3.12 bits per heavy atom. The summed E-state index contributed by atoms with van der Waals surface area (Å²) >= 11 is 5.05. The van der Waals surface area contributed by atoms with Gasteiger partial charge in [0, 0.05) is 20.2 Å². The van der Waals surface area contributed by atoms with Crippen LogP contribution in [-0.2, 0) is 16.1 Å². The Labute approximate surface area is 108 Å². The fraction of sp³-hybridized carbons (Fsp3) is 0.545. The number of hydrogen-bond donors (Lipinski definition) is 0. The lowest BCUT2D eigenvalue weighted by Gasteiger charge is -2.19. The van der Waals surface area contributed by atoms with Gasteiger partial charge in [0.15, 0.2) is 0 Å². The largest absolute Gasteiger partial charge is 0.368 e. The van der Waals surface area contributed by atoms with Crippen LogP contribution in [0.1, 0.15) is 18.4 Å². The van der Waals surface area contributed by atoms with Gasteiger partial charge in [0.1, 0.15) is 6.10 Å². The van der Waals surface area contributed by atoms with E-state index in [1.54, 1.807) is 16.2 Å². The van der Waals surface area contributed by atoms with Crippen molar-refractivity contribution in [3.8, 4) is 0 Å². The molecule has 16 heavy (non-hydrogen) atoms. The number of hydrogen-bond acceptors (Lipinski definition) is 3. The summed E-state index contributed by atoms with van der Waals surface area (Å²) in [6.45, 7) is 1.37. The molecule has 1 aromatic heterocycles. The molecule has 0 unspecified atom stereocenters. The lowest BCUT2D eigenvalue weighted by molar-refractivity contribution is -0.140. The highest BCUT2D eigenvalue weighted by atomic mass is 79.9.